The number of nitrogens with zero attached hydrogens (tertiary/aromatic N) is 1. The van der Waals surface area contributed by atoms with Crippen LogP contribution in [-0.2, 0) is 6.54 Å². The van der Waals surface area contributed by atoms with Crippen LogP contribution in [0.1, 0.15) is 16.7 Å². The van der Waals surface area contributed by atoms with E-state index in [1.54, 1.807) is 11.3 Å². The second-order valence-electron chi connectivity index (χ2n) is 4.93. The summed E-state index contributed by atoms with van der Waals surface area (Å²) in [5.41, 5.74) is 4.76. The van der Waals surface area contributed by atoms with Crippen molar-refractivity contribution in [2.24, 2.45) is 0 Å². The zero-order valence-electron chi connectivity index (χ0n) is 11.4. The molecule has 0 atom stereocenters. The average Bonchev–Trinajstić information content (AvgIpc) is 2.80. The summed E-state index contributed by atoms with van der Waals surface area (Å²) in [5.74, 6) is 0. The van der Waals surface area contributed by atoms with Crippen LogP contribution in [0.2, 0.25) is 5.02 Å². The Kier molecular flexibility index (Phi) is 3.64. The first-order valence-corrected chi connectivity index (χ1v) is 7.67. The number of hydrogen-bond acceptors (Lipinski definition) is 3. The number of hydrogen-bond donors (Lipinski definition) is 1. The van der Waals surface area contributed by atoms with Crippen LogP contribution in [-0.4, -0.2) is 4.98 Å². The van der Waals surface area contributed by atoms with Gasteiger partial charge in [0.25, 0.3) is 0 Å². The zero-order chi connectivity index (χ0) is 14.1. The normalized spacial score (nSPS) is 10.9. The molecule has 0 unspecified atom stereocenters. The lowest BCUT2D eigenvalue weighted by atomic mass is 10.1. The molecule has 0 aliphatic heterocycles. The summed E-state index contributed by atoms with van der Waals surface area (Å²) in [7, 11) is 0. The molecule has 0 fully saturated rings. The maximum Gasteiger partial charge on any atom is 0.184 e. The van der Waals surface area contributed by atoms with Gasteiger partial charge in [-0.15, -0.1) is 0 Å². The fourth-order valence-electron chi connectivity index (χ4n) is 2.28. The van der Waals surface area contributed by atoms with Crippen molar-refractivity contribution in [1.82, 2.24) is 4.98 Å². The van der Waals surface area contributed by atoms with Crippen molar-refractivity contribution in [3.05, 3.63) is 58.1 Å². The number of fused-ring (bicyclic) bond motifs is 1. The number of nitrogens with one attached hydrogen (secondary N) is 1. The van der Waals surface area contributed by atoms with Gasteiger partial charge in [-0.05, 0) is 48.7 Å². The van der Waals surface area contributed by atoms with Crippen LogP contribution in [0.15, 0.2) is 36.4 Å². The second-order valence-corrected chi connectivity index (χ2v) is 6.37. The van der Waals surface area contributed by atoms with Crippen molar-refractivity contribution in [3.8, 4) is 0 Å². The molecule has 3 rings (SSSR count). The van der Waals surface area contributed by atoms with Crippen molar-refractivity contribution in [2.75, 3.05) is 5.32 Å². The first-order valence-electron chi connectivity index (χ1n) is 6.48. The van der Waals surface area contributed by atoms with E-state index in [0.29, 0.717) is 0 Å². The molecule has 1 aromatic heterocycles. The minimum absolute atomic E-state index is 0.735. The molecule has 0 bridgehead atoms. The topological polar surface area (TPSA) is 24.9 Å². The van der Waals surface area contributed by atoms with Crippen LogP contribution in [0.25, 0.3) is 10.2 Å². The summed E-state index contributed by atoms with van der Waals surface area (Å²) in [6.07, 6.45) is 0. The molecule has 0 aliphatic carbocycles. The van der Waals surface area contributed by atoms with Gasteiger partial charge < -0.3 is 5.32 Å². The van der Waals surface area contributed by atoms with E-state index in [1.807, 2.05) is 18.2 Å². The molecule has 20 heavy (non-hydrogen) atoms. The van der Waals surface area contributed by atoms with Crippen molar-refractivity contribution in [1.29, 1.82) is 0 Å². The molecule has 102 valence electrons. The smallest absolute Gasteiger partial charge is 0.184 e. The minimum Gasteiger partial charge on any atom is -0.357 e. The summed E-state index contributed by atoms with van der Waals surface area (Å²) in [5, 5.41) is 5.09. The standard InChI is InChI=1S/C16H15ClN2S/c1-10-6-11(2)15-14(7-10)19-16(20-15)18-9-12-4-3-5-13(17)8-12/h3-8H,9H2,1-2H3,(H,18,19). The van der Waals surface area contributed by atoms with Gasteiger partial charge in [-0.3, -0.25) is 0 Å². The quantitative estimate of drug-likeness (QED) is 0.721. The number of thiazole rings is 1. The van der Waals surface area contributed by atoms with Crippen LogP contribution in [0, 0.1) is 13.8 Å². The van der Waals surface area contributed by atoms with Gasteiger partial charge in [-0.1, -0.05) is 41.1 Å². The molecule has 0 aliphatic rings. The molecule has 0 spiro atoms. The van der Waals surface area contributed by atoms with Gasteiger partial charge in [-0.2, -0.15) is 0 Å². The Labute approximate surface area is 127 Å². The van der Waals surface area contributed by atoms with Gasteiger partial charge in [0.2, 0.25) is 0 Å². The number of rotatable bonds is 3. The number of aryl methyl sites for hydroxylation is 2. The molecule has 4 heteroatoms. The Morgan fingerprint density at radius 1 is 1.20 bits per heavy atom. The summed E-state index contributed by atoms with van der Waals surface area (Å²) in [4.78, 5) is 4.65. The van der Waals surface area contributed by atoms with E-state index in [-0.39, 0.29) is 0 Å². The van der Waals surface area contributed by atoms with Crippen LogP contribution in [0.3, 0.4) is 0 Å². The molecular formula is C16H15ClN2S. The zero-order valence-corrected chi connectivity index (χ0v) is 13.0. The summed E-state index contributed by atoms with van der Waals surface area (Å²) >= 11 is 7.69. The van der Waals surface area contributed by atoms with Crippen molar-refractivity contribution in [2.45, 2.75) is 20.4 Å². The Balaban J connectivity index is 1.83. The largest absolute Gasteiger partial charge is 0.357 e. The van der Waals surface area contributed by atoms with Gasteiger partial charge in [-0.25, -0.2) is 4.98 Å². The molecular weight excluding hydrogens is 288 g/mol. The Hall–Kier alpha value is -1.58. The van der Waals surface area contributed by atoms with E-state index < -0.39 is 0 Å². The van der Waals surface area contributed by atoms with E-state index in [0.717, 1.165) is 27.8 Å². The molecule has 0 saturated carbocycles. The predicted molar refractivity (Wildman–Crippen MR) is 87.9 cm³/mol. The third-order valence-corrected chi connectivity index (χ3v) is 4.55. The van der Waals surface area contributed by atoms with E-state index in [9.17, 15) is 0 Å². The summed E-state index contributed by atoms with van der Waals surface area (Å²) in [6, 6.07) is 12.2. The van der Waals surface area contributed by atoms with Crippen LogP contribution in [0.5, 0.6) is 0 Å². The molecule has 2 aromatic carbocycles. The second kappa shape index (κ2) is 5.43. The monoisotopic (exact) mass is 302 g/mol. The fraction of sp³-hybridized carbons (Fsp3) is 0.188. The number of aromatic nitrogens is 1. The lowest BCUT2D eigenvalue weighted by molar-refractivity contribution is 1.14. The maximum atomic E-state index is 5.99. The van der Waals surface area contributed by atoms with E-state index in [2.05, 4.69) is 42.3 Å². The predicted octanol–water partition coefficient (Wildman–Crippen LogP) is 5.18. The highest BCUT2D eigenvalue weighted by Gasteiger charge is 2.06. The number of benzene rings is 2. The molecule has 2 nitrogen and oxygen atoms in total. The van der Waals surface area contributed by atoms with Gasteiger partial charge >= 0.3 is 0 Å². The average molecular weight is 303 g/mol. The van der Waals surface area contributed by atoms with Crippen LogP contribution in [0.4, 0.5) is 5.13 Å². The molecule has 1 N–H and O–H groups in total. The molecule has 0 radical (unpaired) electrons. The first kappa shape index (κ1) is 13.4. The summed E-state index contributed by atoms with van der Waals surface area (Å²) in [6.45, 7) is 4.97. The lowest BCUT2D eigenvalue weighted by Gasteiger charge is -2.02. The van der Waals surface area contributed by atoms with Gasteiger partial charge in [0, 0.05) is 11.6 Å². The molecule has 0 saturated heterocycles. The van der Waals surface area contributed by atoms with E-state index in [4.69, 9.17) is 11.6 Å². The van der Waals surface area contributed by atoms with Crippen LogP contribution >= 0.6 is 22.9 Å². The molecule has 1 heterocycles. The highest BCUT2D eigenvalue weighted by atomic mass is 35.5. The fourth-order valence-corrected chi connectivity index (χ4v) is 3.40. The summed E-state index contributed by atoms with van der Waals surface area (Å²) < 4.78 is 1.25. The molecule has 0 amide bonds. The van der Waals surface area contributed by atoms with Crippen molar-refractivity contribution >= 4 is 38.3 Å². The van der Waals surface area contributed by atoms with E-state index >= 15 is 0 Å². The highest BCUT2D eigenvalue weighted by molar-refractivity contribution is 7.22. The third kappa shape index (κ3) is 2.79. The Morgan fingerprint density at radius 2 is 2.05 bits per heavy atom. The van der Waals surface area contributed by atoms with Crippen LogP contribution < -0.4 is 5.32 Å². The Morgan fingerprint density at radius 3 is 2.85 bits per heavy atom. The third-order valence-electron chi connectivity index (χ3n) is 3.15. The highest BCUT2D eigenvalue weighted by Crippen LogP contribution is 2.30. The number of anilines is 1. The van der Waals surface area contributed by atoms with Gasteiger partial charge in [0.1, 0.15) is 0 Å². The Bertz CT molecular complexity index is 764. The van der Waals surface area contributed by atoms with Gasteiger partial charge in [0.15, 0.2) is 5.13 Å². The van der Waals surface area contributed by atoms with Gasteiger partial charge in [0.05, 0.1) is 10.2 Å². The lowest BCUT2D eigenvalue weighted by Crippen LogP contribution is -1.98. The number of halogens is 1. The minimum atomic E-state index is 0.735. The maximum absolute atomic E-state index is 5.99. The first-order chi connectivity index (χ1) is 9.61. The van der Waals surface area contributed by atoms with Crippen molar-refractivity contribution in [3.63, 3.8) is 0 Å². The SMILES string of the molecule is Cc1cc(C)c2sc(NCc3cccc(Cl)c3)nc2c1. The van der Waals surface area contributed by atoms with Crippen molar-refractivity contribution < 1.29 is 0 Å². The van der Waals surface area contributed by atoms with E-state index in [1.165, 1.54) is 15.8 Å². The molecule has 3 aromatic rings.